The minimum atomic E-state index is 0.798. The van der Waals surface area contributed by atoms with Crippen LogP contribution < -0.4 is 20.7 Å². The Morgan fingerprint density at radius 3 is 2.45 bits per heavy atom. The standard InChI is InChI=1S/C16H26N4O2/c1-13(18-17)11-19-6-8-20(9-7-19)12-14-10-15(21-2)4-5-16(14)22-3/h4-5,10,18H,1,6-9,11-12,17H2,2-3H3. The molecule has 1 aromatic rings. The average molecular weight is 306 g/mol. The van der Waals surface area contributed by atoms with Crippen molar-refractivity contribution in [3.63, 3.8) is 0 Å². The molecule has 0 unspecified atom stereocenters. The van der Waals surface area contributed by atoms with Crippen molar-refractivity contribution in [1.29, 1.82) is 0 Å². The number of hydrazine groups is 1. The minimum Gasteiger partial charge on any atom is -0.497 e. The van der Waals surface area contributed by atoms with E-state index in [4.69, 9.17) is 15.3 Å². The highest BCUT2D eigenvalue weighted by Gasteiger charge is 2.18. The molecule has 0 bridgehead atoms. The lowest BCUT2D eigenvalue weighted by molar-refractivity contribution is 0.132. The van der Waals surface area contributed by atoms with Gasteiger partial charge < -0.3 is 14.9 Å². The van der Waals surface area contributed by atoms with Crippen LogP contribution in [0.3, 0.4) is 0 Å². The molecule has 1 heterocycles. The Kier molecular flexibility index (Phi) is 6.06. The molecule has 6 nitrogen and oxygen atoms in total. The van der Waals surface area contributed by atoms with E-state index in [0.29, 0.717) is 0 Å². The Morgan fingerprint density at radius 1 is 1.18 bits per heavy atom. The molecule has 6 heteroatoms. The molecule has 0 saturated carbocycles. The van der Waals surface area contributed by atoms with Crippen molar-refractivity contribution in [2.24, 2.45) is 5.84 Å². The molecule has 1 aliphatic heterocycles. The van der Waals surface area contributed by atoms with Crippen molar-refractivity contribution in [2.75, 3.05) is 46.9 Å². The molecular weight excluding hydrogens is 280 g/mol. The molecule has 0 aliphatic carbocycles. The van der Waals surface area contributed by atoms with Gasteiger partial charge in [0.05, 0.1) is 14.2 Å². The van der Waals surface area contributed by atoms with E-state index in [-0.39, 0.29) is 0 Å². The number of hydrogen-bond acceptors (Lipinski definition) is 6. The lowest BCUT2D eigenvalue weighted by atomic mass is 10.1. The molecular formula is C16H26N4O2. The van der Waals surface area contributed by atoms with Gasteiger partial charge in [-0.25, -0.2) is 0 Å². The molecule has 1 fully saturated rings. The summed E-state index contributed by atoms with van der Waals surface area (Å²) < 4.78 is 10.8. The molecule has 0 amide bonds. The second-order valence-electron chi connectivity index (χ2n) is 5.48. The second-order valence-corrected chi connectivity index (χ2v) is 5.48. The topological polar surface area (TPSA) is 63.0 Å². The maximum Gasteiger partial charge on any atom is 0.123 e. The lowest BCUT2D eigenvalue weighted by Crippen LogP contribution is -2.47. The quantitative estimate of drug-likeness (QED) is 0.574. The molecule has 1 aliphatic rings. The maximum absolute atomic E-state index is 5.45. The highest BCUT2D eigenvalue weighted by Crippen LogP contribution is 2.25. The van der Waals surface area contributed by atoms with Gasteiger partial charge >= 0.3 is 0 Å². The Morgan fingerprint density at radius 2 is 1.86 bits per heavy atom. The van der Waals surface area contributed by atoms with E-state index in [1.165, 1.54) is 0 Å². The van der Waals surface area contributed by atoms with Crippen molar-refractivity contribution in [1.82, 2.24) is 15.2 Å². The third kappa shape index (κ3) is 4.37. The van der Waals surface area contributed by atoms with Crippen LogP contribution >= 0.6 is 0 Å². The van der Waals surface area contributed by atoms with Crippen LogP contribution in [0, 0.1) is 0 Å². The Bertz CT molecular complexity index is 499. The van der Waals surface area contributed by atoms with Crippen LogP contribution in [0.2, 0.25) is 0 Å². The van der Waals surface area contributed by atoms with Crippen LogP contribution in [-0.2, 0) is 6.54 Å². The summed E-state index contributed by atoms with van der Waals surface area (Å²) in [7, 11) is 3.39. The largest absolute Gasteiger partial charge is 0.497 e. The number of ether oxygens (including phenoxy) is 2. The number of methoxy groups -OCH3 is 2. The fraction of sp³-hybridized carbons (Fsp3) is 0.500. The van der Waals surface area contributed by atoms with Crippen LogP contribution in [0.25, 0.3) is 0 Å². The van der Waals surface area contributed by atoms with E-state index < -0.39 is 0 Å². The monoisotopic (exact) mass is 306 g/mol. The minimum absolute atomic E-state index is 0.798. The first-order chi connectivity index (χ1) is 10.7. The summed E-state index contributed by atoms with van der Waals surface area (Å²) in [5.74, 6) is 7.13. The van der Waals surface area contributed by atoms with E-state index in [9.17, 15) is 0 Å². The lowest BCUT2D eigenvalue weighted by Gasteiger charge is -2.35. The zero-order valence-electron chi connectivity index (χ0n) is 13.5. The molecule has 0 aromatic heterocycles. The normalized spacial score (nSPS) is 16.3. The van der Waals surface area contributed by atoms with E-state index in [0.717, 1.165) is 62.0 Å². The van der Waals surface area contributed by atoms with Crippen molar-refractivity contribution < 1.29 is 9.47 Å². The summed E-state index contributed by atoms with van der Waals surface area (Å²) in [6.45, 7) is 9.58. The van der Waals surface area contributed by atoms with Crippen molar-refractivity contribution >= 4 is 0 Å². The van der Waals surface area contributed by atoms with Crippen molar-refractivity contribution in [3.05, 3.63) is 36.0 Å². The Balaban J connectivity index is 1.91. The molecule has 22 heavy (non-hydrogen) atoms. The molecule has 1 aromatic carbocycles. The fourth-order valence-electron chi connectivity index (χ4n) is 2.67. The third-order valence-electron chi connectivity index (χ3n) is 3.97. The van der Waals surface area contributed by atoms with E-state index >= 15 is 0 Å². The molecule has 122 valence electrons. The van der Waals surface area contributed by atoms with Gasteiger partial charge in [0.1, 0.15) is 11.5 Å². The highest BCUT2D eigenvalue weighted by molar-refractivity contribution is 5.40. The Labute approximate surface area is 132 Å². The number of nitrogens with two attached hydrogens (primary N) is 1. The Hall–Kier alpha value is -1.76. The first-order valence-corrected chi connectivity index (χ1v) is 7.46. The molecule has 2 rings (SSSR count). The van der Waals surface area contributed by atoms with Gasteiger partial charge in [0.25, 0.3) is 0 Å². The number of nitrogens with zero attached hydrogens (tertiary/aromatic N) is 2. The molecule has 0 atom stereocenters. The van der Waals surface area contributed by atoms with Gasteiger partial charge in [0, 0.05) is 50.5 Å². The van der Waals surface area contributed by atoms with Crippen LogP contribution in [0.1, 0.15) is 5.56 Å². The van der Waals surface area contributed by atoms with Crippen LogP contribution in [-0.4, -0.2) is 56.7 Å². The smallest absolute Gasteiger partial charge is 0.123 e. The molecule has 1 saturated heterocycles. The van der Waals surface area contributed by atoms with Gasteiger partial charge in [0.2, 0.25) is 0 Å². The number of benzene rings is 1. The highest BCUT2D eigenvalue weighted by atomic mass is 16.5. The predicted octanol–water partition coefficient (Wildman–Crippen LogP) is 0.798. The van der Waals surface area contributed by atoms with Gasteiger partial charge in [-0.05, 0) is 18.2 Å². The molecule has 0 radical (unpaired) electrons. The third-order valence-corrected chi connectivity index (χ3v) is 3.97. The average Bonchev–Trinajstić information content (AvgIpc) is 2.56. The summed E-state index contributed by atoms with van der Waals surface area (Å²) in [5.41, 5.74) is 4.62. The number of nitrogens with one attached hydrogen (secondary N) is 1. The van der Waals surface area contributed by atoms with Crippen LogP contribution in [0.5, 0.6) is 11.5 Å². The SMILES string of the molecule is C=C(CN1CCN(Cc2cc(OC)ccc2OC)CC1)NN. The maximum atomic E-state index is 5.45. The summed E-state index contributed by atoms with van der Waals surface area (Å²) in [4.78, 5) is 4.77. The second kappa shape index (κ2) is 8.03. The van der Waals surface area contributed by atoms with Gasteiger partial charge in [-0.1, -0.05) is 6.58 Å². The van der Waals surface area contributed by atoms with Gasteiger partial charge in [-0.15, -0.1) is 0 Å². The van der Waals surface area contributed by atoms with E-state index in [1.807, 2.05) is 18.2 Å². The van der Waals surface area contributed by atoms with Crippen molar-refractivity contribution in [3.8, 4) is 11.5 Å². The van der Waals surface area contributed by atoms with Gasteiger partial charge in [0.15, 0.2) is 0 Å². The molecule has 3 N–H and O–H groups in total. The summed E-state index contributed by atoms with van der Waals surface area (Å²) in [6.07, 6.45) is 0. The first kappa shape index (κ1) is 16.6. The number of piperazine rings is 1. The first-order valence-electron chi connectivity index (χ1n) is 7.46. The zero-order valence-corrected chi connectivity index (χ0v) is 13.5. The predicted molar refractivity (Wildman–Crippen MR) is 87.7 cm³/mol. The summed E-state index contributed by atoms with van der Waals surface area (Å²) in [5, 5.41) is 0. The zero-order chi connectivity index (χ0) is 15.9. The number of rotatable bonds is 7. The molecule has 0 spiro atoms. The fourth-order valence-corrected chi connectivity index (χ4v) is 2.67. The van der Waals surface area contributed by atoms with Crippen LogP contribution in [0.4, 0.5) is 0 Å². The summed E-state index contributed by atoms with van der Waals surface area (Å²) in [6, 6.07) is 5.93. The summed E-state index contributed by atoms with van der Waals surface area (Å²) >= 11 is 0. The van der Waals surface area contributed by atoms with E-state index in [2.05, 4.69) is 21.8 Å². The number of hydrogen-bond donors (Lipinski definition) is 2. The van der Waals surface area contributed by atoms with Gasteiger partial charge in [-0.3, -0.25) is 15.6 Å². The van der Waals surface area contributed by atoms with Crippen molar-refractivity contribution in [2.45, 2.75) is 6.54 Å². The van der Waals surface area contributed by atoms with Crippen LogP contribution in [0.15, 0.2) is 30.5 Å². The van der Waals surface area contributed by atoms with E-state index in [1.54, 1.807) is 14.2 Å². The van der Waals surface area contributed by atoms with Gasteiger partial charge in [-0.2, -0.15) is 0 Å².